The Kier molecular flexibility index (Phi) is 3.83. The quantitative estimate of drug-likeness (QED) is 0.795. The average molecular weight is 335 g/mol. The van der Waals surface area contributed by atoms with Crippen LogP contribution in [0.4, 0.5) is 0 Å². The molecule has 0 saturated carbocycles. The summed E-state index contributed by atoms with van der Waals surface area (Å²) in [7, 11) is 1.66. The van der Waals surface area contributed by atoms with E-state index in [2.05, 4.69) is 15.9 Å². The third kappa shape index (κ3) is 2.61. The maximum Gasteiger partial charge on any atom is 0.161 e. The van der Waals surface area contributed by atoms with Gasteiger partial charge in [0.25, 0.3) is 0 Å². The largest absolute Gasteiger partial charge is 0.497 e. The van der Waals surface area contributed by atoms with E-state index in [1.165, 1.54) is 0 Å². The molecule has 1 heterocycles. The van der Waals surface area contributed by atoms with Gasteiger partial charge in [-0.05, 0) is 29.8 Å². The molecule has 3 rings (SSSR count). The fourth-order valence-corrected chi connectivity index (χ4v) is 2.75. The van der Waals surface area contributed by atoms with Crippen LogP contribution in [0.3, 0.4) is 0 Å². The molecule has 0 aromatic heterocycles. The minimum atomic E-state index is -0.0571. The Labute approximate surface area is 126 Å². The minimum absolute atomic E-state index is 0.0571. The average Bonchev–Trinajstić information content (AvgIpc) is 2.54. The summed E-state index contributed by atoms with van der Waals surface area (Å²) in [5.74, 6) is 2.44. The van der Waals surface area contributed by atoms with Crippen LogP contribution in [0.25, 0.3) is 0 Å². The highest BCUT2D eigenvalue weighted by molar-refractivity contribution is 9.09. The van der Waals surface area contributed by atoms with Gasteiger partial charge in [-0.15, -0.1) is 0 Å². The van der Waals surface area contributed by atoms with E-state index in [1.54, 1.807) is 7.11 Å². The first-order chi connectivity index (χ1) is 9.78. The van der Waals surface area contributed by atoms with Crippen LogP contribution in [0, 0.1) is 0 Å². The number of ether oxygens (including phenoxy) is 3. The number of hydrogen-bond donors (Lipinski definition) is 0. The summed E-state index contributed by atoms with van der Waals surface area (Å²) in [6.07, 6.45) is -0.0571. The zero-order valence-electron chi connectivity index (χ0n) is 11.1. The van der Waals surface area contributed by atoms with Gasteiger partial charge in [-0.2, -0.15) is 0 Å². The summed E-state index contributed by atoms with van der Waals surface area (Å²) < 4.78 is 16.9. The van der Waals surface area contributed by atoms with Crippen molar-refractivity contribution in [1.29, 1.82) is 0 Å². The summed E-state index contributed by atoms with van der Waals surface area (Å²) in [5, 5.41) is 0. The molecule has 0 spiro atoms. The van der Waals surface area contributed by atoms with E-state index in [9.17, 15) is 0 Å². The first kappa shape index (κ1) is 13.3. The summed E-state index contributed by atoms with van der Waals surface area (Å²) in [6.45, 7) is 0.527. The van der Waals surface area contributed by atoms with Crippen molar-refractivity contribution in [1.82, 2.24) is 0 Å². The Balaban J connectivity index is 1.76. The molecule has 2 aromatic rings. The van der Waals surface area contributed by atoms with E-state index < -0.39 is 0 Å². The molecule has 0 fully saturated rings. The summed E-state index contributed by atoms with van der Waals surface area (Å²) in [5.41, 5.74) is 1.14. The van der Waals surface area contributed by atoms with Crippen molar-refractivity contribution in [2.24, 2.45) is 0 Å². The molecule has 2 unspecified atom stereocenters. The maximum absolute atomic E-state index is 6.00. The van der Waals surface area contributed by atoms with Crippen molar-refractivity contribution in [3.8, 4) is 17.2 Å². The van der Waals surface area contributed by atoms with Gasteiger partial charge < -0.3 is 14.2 Å². The predicted molar refractivity (Wildman–Crippen MR) is 81.0 cm³/mol. The molecule has 1 aliphatic heterocycles. The lowest BCUT2D eigenvalue weighted by molar-refractivity contribution is 0.0904. The molecule has 0 bridgehead atoms. The van der Waals surface area contributed by atoms with E-state index in [1.807, 2.05) is 48.5 Å². The Morgan fingerprint density at radius 2 is 1.80 bits per heavy atom. The van der Waals surface area contributed by atoms with Crippen molar-refractivity contribution in [3.63, 3.8) is 0 Å². The molecule has 20 heavy (non-hydrogen) atoms. The molecule has 3 nitrogen and oxygen atoms in total. The van der Waals surface area contributed by atoms with Crippen LogP contribution in [0.2, 0.25) is 0 Å². The molecule has 2 atom stereocenters. The van der Waals surface area contributed by atoms with Crippen LogP contribution in [0.5, 0.6) is 17.2 Å². The molecule has 0 amide bonds. The number of alkyl halides is 1. The van der Waals surface area contributed by atoms with Crippen LogP contribution in [0.15, 0.2) is 48.5 Å². The third-order valence-electron chi connectivity index (χ3n) is 3.29. The van der Waals surface area contributed by atoms with Crippen LogP contribution in [-0.4, -0.2) is 19.8 Å². The zero-order valence-corrected chi connectivity index (χ0v) is 12.7. The molecule has 4 heteroatoms. The highest BCUT2D eigenvalue weighted by Crippen LogP contribution is 2.37. The lowest BCUT2D eigenvalue weighted by atomic mass is 10.1. The monoisotopic (exact) mass is 334 g/mol. The van der Waals surface area contributed by atoms with E-state index in [0.717, 1.165) is 22.8 Å². The molecule has 0 saturated heterocycles. The normalized spacial score (nSPS) is 18.4. The lowest BCUT2D eigenvalue weighted by Crippen LogP contribution is -2.32. The van der Waals surface area contributed by atoms with Crippen molar-refractivity contribution in [2.75, 3.05) is 13.7 Å². The van der Waals surface area contributed by atoms with E-state index in [-0.39, 0.29) is 10.9 Å². The van der Waals surface area contributed by atoms with Gasteiger partial charge in [0.15, 0.2) is 11.5 Å². The van der Waals surface area contributed by atoms with Crippen molar-refractivity contribution in [3.05, 3.63) is 54.1 Å². The van der Waals surface area contributed by atoms with Crippen LogP contribution in [-0.2, 0) is 0 Å². The fourth-order valence-electron chi connectivity index (χ4n) is 2.18. The Morgan fingerprint density at radius 1 is 1.10 bits per heavy atom. The van der Waals surface area contributed by atoms with Gasteiger partial charge in [-0.3, -0.25) is 0 Å². The highest BCUT2D eigenvalue weighted by atomic mass is 79.9. The number of halogens is 1. The predicted octanol–water partition coefficient (Wildman–Crippen LogP) is 3.97. The summed E-state index contributed by atoms with van der Waals surface area (Å²) in [6, 6.07) is 15.7. The Hall–Kier alpha value is -1.68. The Morgan fingerprint density at radius 3 is 2.50 bits per heavy atom. The SMILES string of the molecule is COc1ccc(C(Br)C2COc3ccccc3O2)cc1. The molecular weight excluding hydrogens is 320 g/mol. The number of methoxy groups -OCH3 is 1. The number of benzene rings is 2. The first-order valence-electron chi connectivity index (χ1n) is 6.44. The number of hydrogen-bond acceptors (Lipinski definition) is 3. The second-order valence-electron chi connectivity index (χ2n) is 4.59. The van der Waals surface area contributed by atoms with E-state index in [4.69, 9.17) is 14.2 Å². The molecule has 0 radical (unpaired) electrons. The lowest BCUT2D eigenvalue weighted by Gasteiger charge is -2.29. The molecule has 1 aliphatic rings. The smallest absolute Gasteiger partial charge is 0.161 e. The van der Waals surface area contributed by atoms with E-state index >= 15 is 0 Å². The molecule has 104 valence electrons. The molecule has 0 aliphatic carbocycles. The summed E-state index contributed by atoms with van der Waals surface area (Å²) >= 11 is 3.70. The fraction of sp³-hybridized carbons (Fsp3) is 0.250. The topological polar surface area (TPSA) is 27.7 Å². The van der Waals surface area contributed by atoms with Crippen molar-refractivity contribution >= 4 is 15.9 Å². The summed E-state index contributed by atoms with van der Waals surface area (Å²) in [4.78, 5) is 0.0711. The number of rotatable bonds is 3. The van der Waals surface area contributed by atoms with Gasteiger partial charge in [0.05, 0.1) is 11.9 Å². The van der Waals surface area contributed by atoms with Gasteiger partial charge in [0.1, 0.15) is 18.5 Å². The van der Waals surface area contributed by atoms with E-state index in [0.29, 0.717) is 6.61 Å². The second kappa shape index (κ2) is 5.75. The minimum Gasteiger partial charge on any atom is -0.497 e. The molecular formula is C16H15BrO3. The highest BCUT2D eigenvalue weighted by Gasteiger charge is 2.28. The van der Waals surface area contributed by atoms with Crippen LogP contribution < -0.4 is 14.2 Å². The van der Waals surface area contributed by atoms with Gasteiger partial charge in [-0.25, -0.2) is 0 Å². The molecule has 2 aromatic carbocycles. The Bertz CT molecular complexity index is 583. The van der Waals surface area contributed by atoms with Crippen molar-refractivity contribution in [2.45, 2.75) is 10.9 Å². The standard InChI is InChI=1S/C16H15BrO3/c1-18-12-8-6-11(7-9-12)16(17)15-10-19-13-4-2-3-5-14(13)20-15/h2-9,15-16H,10H2,1H3. The number of fused-ring (bicyclic) bond motifs is 1. The van der Waals surface area contributed by atoms with Gasteiger partial charge >= 0.3 is 0 Å². The molecule has 0 N–H and O–H groups in total. The second-order valence-corrected chi connectivity index (χ2v) is 5.58. The van der Waals surface area contributed by atoms with Gasteiger partial charge in [0, 0.05) is 0 Å². The van der Waals surface area contributed by atoms with Crippen molar-refractivity contribution < 1.29 is 14.2 Å². The maximum atomic E-state index is 6.00. The van der Waals surface area contributed by atoms with Crippen LogP contribution in [0.1, 0.15) is 10.4 Å². The van der Waals surface area contributed by atoms with Gasteiger partial charge in [0.2, 0.25) is 0 Å². The van der Waals surface area contributed by atoms with Gasteiger partial charge in [-0.1, -0.05) is 40.2 Å². The number of para-hydroxylation sites is 2. The first-order valence-corrected chi connectivity index (χ1v) is 7.36. The third-order valence-corrected chi connectivity index (χ3v) is 4.41. The zero-order chi connectivity index (χ0) is 13.9. The van der Waals surface area contributed by atoms with Crippen LogP contribution >= 0.6 is 15.9 Å².